The van der Waals surface area contributed by atoms with Gasteiger partial charge in [-0.05, 0) is 31.0 Å². The highest BCUT2D eigenvalue weighted by Gasteiger charge is 2.37. The van der Waals surface area contributed by atoms with E-state index >= 15 is 0 Å². The third kappa shape index (κ3) is 2.80. The van der Waals surface area contributed by atoms with Gasteiger partial charge in [-0.15, -0.1) is 0 Å². The zero-order valence-corrected chi connectivity index (χ0v) is 11.4. The lowest BCUT2D eigenvalue weighted by molar-refractivity contribution is -0.150. The molecular weight excluding hydrogens is 263 g/mol. The number of aliphatic hydroxyl groups excluding tert-OH is 1. The molecule has 0 aliphatic carbocycles. The van der Waals surface area contributed by atoms with Crippen LogP contribution in [0.25, 0.3) is 0 Å². The molecular formula is C14H17FN2O3. The van der Waals surface area contributed by atoms with Crippen molar-refractivity contribution in [1.29, 1.82) is 0 Å². The van der Waals surface area contributed by atoms with E-state index in [2.05, 4.69) is 5.32 Å². The normalized spacial score (nSPS) is 20.8. The van der Waals surface area contributed by atoms with Crippen LogP contribution < -0.4 is 5.32 Å². The fourth-order valence-electron chi connectivity index (χ4n) is 2.26. The van der Waals surface area contributed by atoms with Crippen LogP contribution in [0.1, 0.15) is 18.1 Å². The maximum atomic E-state index is 13.5. The smallest absolute Gasteiger partial charge is 0.245 e. The Labute approximate surface area is 116 Å². The molecule has 0 saturated carbocycles. The van der Waals surface area contributed by atoms with Crippen LogP contribution in [0.4, 0.5) is 4.39 Å². The number of amides is 2. The summed E-state index contributed by atoms with van der Waals surface area (Å²) in [6.45, 7) is 3.10. The van der Waals surface area contributed by atoms with E-state index < -0.39 is 18.1 Å². The summed E-state index contributed by atoms with van der Waals surface area (Å²) in [4.78, 5) is 25.0. The van der Waals surface area contributed by atoms with Crippen LogP contribution in [0.5, 0.6) is 0 Å². The molecule has 2 atom stereocenters. The number of benzene rings is 1. The van der Waals surface area contributed by atoms with Gasteiger partial charge in [-0.3, -0.25) is 9.59 Å². The second-order valence-corrected chi connectivity index (χ2v) is 5.01. The van der Waals surface area contributed by atoms with Gasteiger partial charge in [-0.2, -0.15) is 0 Å². The van der Waals surface area contributed by atoms with Crippen molar-refractivity contribution in [2.75, 3.05) is 6.54 Å². The Kier molecular flexibility index (Phi) is 4.04. The van der Waals surface area contributed by atoms with E-state index in [-0.39, 0.29) is 24.8 Å². The van der Waals surface area contributed by atoms with Crippen LogP contribution in [0.2, 0.25) is 0 Å². The summed E-state index contributed by atoms with van der Waals surface area (Å²) in [5.41, 5.74) is 1.10. The van der Waals surface area contributed by atoms with Crippen molar-refractivity contribution in [2.45, 2.75) is 32.5 Å². The molecule has 1 saturated heterocycles. The predicted octanol–water partition coefficient (Wildman–Crippen LogP) is 0.342. The molecule has 2 rings (SSSR count). The molecule has 20 heavy (non-hydrogen) atoms. The van der Waals surface area contributed by atoms with Crippen molar-refractivity contribution in [3.63, 3.8) is 0 Å². The molecule has 2 amide bonds. The van der Waals surface area contributed by atoms with Crippen LogP contribution in [0.15, 0.2) is 18.2 Å². The van der Waals surface area contributed by atoms with E-state index in [1.54, 1.807) is 19.1 Å². The summed E-state index contributed by atoms with van der Waals surface area (Å²) in [5.74, 6) is -1.05. The Bertz CT molecular complexity index is 545. The molecule has 0 radical (unpaired) electrons. The fraction of sp³-hybridized carbons (Fsp3) is 0.429. The van der Waals surface area contributed by atoms with Crippen molar-refractivity contribution in [1.82, 2.24) is 10.2 Å². The summed E-state index contributed by atoms with van der Waals surface area (Å²) in [6.07, 6.45) is -0.991. The summed E-state index contributed by atoms with van der Waals surface area (Å²) >= 11 is 0. The van der Waals surface area contributed by atoms with Gasteiger partial charge in [0.1, 0.15) is 11.9 Å². The minimum Gasteiger partial charge on any atom is -0.391 e. The van der Waals surface area contributed by atoms with E-state index in [0.29, 0.717) is 11.1 Å². The number of nitrogens with one attached hydrogen (secondary N) is 1. The highest BCUT2D eigenvalue weighted by atomic mass is 19.1. The van der Waals surface area contributed by atoms with E-state index in [1.165, 1.54) is 17.9 Å². The monoisotopic (exact) mass is 280 g/mol. The Morgan fingerprint density at radius 1 is 1.50 bits per heavy atom. The molecule has 0 bridgehead atoms. The molecule has 5 nitrogen and oxygen atoms in total. The van der Waals surface area contributed by atoms with E-state index in [0.717, 1.165) is 0 Å². The van der Waals surface area contributed by atoms with Crippen LogP contribution in [0, 0.1) is 12.7 Å². The fourth-order valence-corrected chi connectivity index (χ4v) is 2.26. The van der Waals surface area contributed by atoms with Crippen molar-refractivity contribution in [3.8, 4) is 0 Å². The van der Waals surface area contributed by atoms with Gasteiger partial charge >= 0.3 is 0 Å². The minimum atomic E-state index is -0.991. The molecule has 1 heterocycles. The number of halogens is 1. The second-order valence-electron chi connectivity index (χ2n) is 5.01. The molecule has 2 N–H and O–H groups in total. The van der Waals surface area contributed by atoms with Gasteiger partial charge in [0.05, 0.1) is 12.6 Å². The maximum Gasteiger partial charge on any atom is 0.245 e. The van der Waals surface area contributed by atoms with Crippen molar-refractivity contribution in [2.24, 2.45) is 0 Å². The first-order valence-electron chi connectivity index (χ1n) is 6.40. The summed E-state index contributed by atoms with van der Waals surface area (Å²) < 4.78 is 13.5. The van der Waals surface area contributed by atoms with Crippen LogP contribution >= 0.6 is 0 Å². The van der Waals surface area contributed by atoms with Gasteiger partial charge in [-0.25, -0.2) is 4.39 Å². The molecule has 1 aromatic carbocycles. The SMILES string of the molecule is Cc1ccc(CN2C(=O)CNC(=O)[C@@H]2[C@@H](C)O)cc1F. The van der Waals surface area contributed by atoms with Crippen molar-refractivity contribution < 1.29 is 19.1 Å². The molecule has 0 spiro atoms. The Morgan fingerprint density at radius 3 is 2.80 bits per heavy atom. The highest BCUT2D eigenvalue weighted by molar-refractivity contribution is 5.95. The number of piperazine rings is 1. The van der Waals surface area contributed by atoms with Gasteiger partial charge < -0.3 is 15.3 Å². The Balaban J connectivity index is 2.25. The molecule has 0 aromatic heterocycles. The number of nitrogens with zero attached hydrogens (tertiary/aromatic N) is 1. The zero-order chi connectivity index (χ0) is 14.9. The quantitative estimate of drug-likeness (QED) is 0.839. The minimum absolute atomic E-state index is 0.0962. The lowest BCUT2D eigenvalue weighted by Gasteiger charge is -2.36. The van der Waals surface area contributed by atoms with Crippen LogP contribution in [-0.4, -0.2) is 40.5 Å². The molecule has 0 unspecified atom stereocenters. The number of hydrogen-bond acceptors (Lipinski definition) is 3. The molecule has 1 fully saturated rings. The van der Waals surface area contributed by atoms with Crippen molar-refractivity contribution >= 4 is 11.8 Å². The average molecular weight is 280 g/mol. The summed E-state index contributed by atoms with van der Waals surface area (Å²) in [5, 5.41) is 12.1. The maximum absolute atomic E-state index is 13.5. The first kappa shape index (κ1) is 14.5. The standard InChI is InChI=1S/C14H17FN2O3/c1-8-3-4-10(5-11(8)15)7-17-12(19)6-16-14(20)13(17)9(2)18/h3-5,9,13,18H,6-7H2,1-2H3,(H,16,20)/t9-,13+/m1/s1. The average Bonchev–Trinajstić information content (AvgIpc) is 2.38. The summed E-state index contributed by atoms with van der Waals surface area (Å²) in [7, 11) is 0. The molecule has 1 aromatic rings. The topological polar surface area (TPSA) is 69.6 Å². The van der Waals surface area contributed by atoms with E-state index in [1.807, 2.05) is 0 Å². The van der Waals surface area contributed by atoms with Gasteiger partial charge in [-0.1, -0.05) is 12.1 Å². The third-order valence-corrected chi connectivity index (χ3v) is 3.38. The first-order chi connectivity index (χ1) is 9.40. The van der Waals surface area contributed by atoms with Crippen LogP contribution in [-0.2, 0) is 16.1 Å². The van der Waals surface area contributed by atoms with Gasteiger partial charge in [0.15, 0.2) is 0 Å². The lowest BCUT2D eigenvalue weighted by Crippen LogP contribution is -2.61. The van der Waals surface area contributed by atoms with E-state index in [9.17, 15) is 19.1 Å². The third-order valence-electron chi connectivity index (χ3n) is 3.38. The van der Waals surface area contributed by atoms with Crippen molar-refractivity contribution in [3.05, 3.63) is 35.1 Å². The Hall–Kier alpha value is -1.95. The summed E-state index contributed by atoms with van der Waals surface area (Å²) in [6, 6.07) is 3.72. The lowest BCUT2D eigenvalue weighted by atomic mass is 10.0. The molecule has 6 heteroatoms. The second kappa shape index (κ2) is 5.58. The number of rotatable bonds is 3. The van der Waals surface area contributed by atoms with Gasteiger partial charge in [0.2, 0.25) is 11.8 Å². The largest absolute Gasteiger partial charge is 0.391 e. The number of hydrogen-bond donors (Lipinski definition) is 2. The zero-order valence-electron chi connectivity index (χ0n) is 11.4. The predicted molar refractivity (Wildman–Crippen MR) is 70.2 cm³/mol. The number of carbonyl (C=O) groups excluding carboxylic acids is 2. The van der Waals surface area contributed by atoms with Crippen LogP contribution in [0.3, 0.4) is 0 Å². The van der Waals surface area contributed by atoms with Gasteiger partial charge in [0, 0.05) is 6.54 Å². The number of carbonyl (C=O) groups is 2. The van der Waals surface area contributed by atoms with E-state index in [4.69, 9.17) is 0 Å². The number of aryl methyl sites for hydroxylation is 1. The Morgan fingerprint density at radius 2 is 2.20 bits per heavy atom. The molecule has 1 aliphatic heterocycles. The highest BCUT2D eigenvalue weighted by Crippen LogP contribution is 2.17. The van der Waals surface area contributed by atoms with Gasteiger partial charge in [0.25, 0.3) is 0 Å². The molecule has 108 valence electrons. The first-order valence-corrected chi connectivity index (χ1v) is 6.40. The number of aliphatic hydroxyl groups is 1. The molecule has 1 aliphatic rings.